The van der Waals surface area contributed by atoms with E-state index in [0.717, 1.165) is 29.2 Å². The van der Waals surface area contributed by atoms with Crippen molar-refractivity contribution >= 4 is 11.9 Å². The van der Waals surface area contributed by atoms with E-state index < -0.39 is 0 Å². The van der Waals surface area contributed by atoms with Gasteiger partial charge in [-0.3, -0.25) is 0 Å². The maximum Gasteiger partial charge on any atom is 0.231 e. The van der Waals surface area contributed by atoms with Gasteiger partial charge in [-0.2, -0.15) is 10.2 Å². The van der Waals surface area contributed by atoms with Crippen molar-refractivity contribution in [3.8, 4) is 11.5 Å². The van der Waals surface area contributed by atoms with Crippen LogP contribution in [0.1, 0.15) is 82.2 Å². The quantitative estimate of drug-likeness (QED) is 0.452. The van der Waals surface area contributed by atoms with Gasteiger partial charge in [0.2, 0.25) is 6.79 Å². The molecule has 1 aliphatic heterocycles. The van der Waals surface area contributed by atoms with Crippen molar-refractivity contribution < 1.29 is 9.47 Å². The summed E-state index contributed by atoms with van der Waals surface area (Å²) in [5.74, 6) is 1.53. The summed E-state index contributed by atoms with van der Waals surface area (Å²) in [7, 11) is 0. The van der Waals surface area contributed by atoms with Gasteiger partial charge in [-0.1, -0.05) is 40.7 Å². The van der Waals surface area contributed by atoms with Crippen molar-refractivity contribution in [3.05, 3.63) is 58.1 Å². The first-order chi connectivity index (χ1) is 14.2. The van der Waals surface area contributed by atoms with Crippen LogP contribution in [0.3, 0.4) is 0 Å². The van der Waals surface area contributed by atoms with E-state index in [1.54, 1.807) is 6.21 Å². The van der Waals surface area contributed by atoms with Crippen LogP contribution in [0.25, 0.3) is 0 Å². The maximum absolute atomic E-state index is 5.44. The molecule has 0 N–H and O–H groups in total. The summed E-state index contributed by atoms with van der Waals surface area (Å²) in [4.78, 5) is 0. The van der Waals surface area contributed by atoms with Gasteiger partial charge in [-0.25, -0.2) is 0 Å². The van der Waals surface area contributed by atoms with Crippen LogP contribution in [0.2, 0.25) is 0 Å². The van der Waals surface area contributed by atoms with Gasteiger partial charge in [0.15, 0.2) is 11.5 Å². The molecule has 2 aromatic rings. The minimum atomic E-state index is 0.182. The summed E-state index contributed by atoms with van der Waals surface area (Å²) in [6.45, 7) is 14.0. The molecule has 0 saturated heterocycles. The molecule has 1 aliphatic carbocycles. The summed E-state index contributed by atoms with van der Waals surface area (Å²) in [6, 6.07) is 10.6. The van der Waals surface area contributed by atoms with Gasteiger partial charge in [0.25, 0.3) is 0 Å². The van der Waals surface area contributed by atoms with Crippen LogP contribution < -0.4 is 9.47 Å². The highest BCUT2D eigenvalue weighted by atomic mass is 16.7. The first kappa shape index (κ1) is 20.6. The summed E-state index contributed by atoms with van der Waals surface area (Å²) in [5.41, 5.74) is 7.81. The predicted octanol–water partition coefficient (Wildman–Crippen LogP) is 6.17. The van der Waals surface area contributed by atoms with Crippen LogP contribution in [-0.2, 0) is 17.3 Å². The maximum atomic E-state index is 5.44. The fraction of sp³-hybridized carbons (Fsp3) is 0.462. The molecule has 4 rings (SSSR count). The van der Waals surface area contributed by atoms with E-state index >= 15 is 0 Å². The van der Waals surface area contributed by atoms with E-state index in [2.05, 4.69) is 63.9 Å². The molecule has 2 aromatic carbocycles. The van der Waals surface area contributed by atoms with Gasteiger partial charge < -0.3 is 9.47 Å². The Kier molecular flexibility index (Phi) is 5.21. The zero-order valence-corrected chi connectivity index (χ0v) is 19.0. The molecule has 1 heterocycles. The minimum absolute atomic E-state index is 0.182. The SMILES string of the molecule is CCc1cc2c(cc1/C(C)=N\N=C/c1ccc3c(c1)OCO3)C(C)(C)CCC2(C)C. The van der Waals surface area contributed by atoms with Gasteiger partial charge in [-0.05, 0) is 83.5 Å². The van der Waals surface area contributed by atoms with Gasteiger partial charge >= 0.3 is 0 Å². The molecule has 0 atom stereocenters. The van der Waals surface area contributed by atoms with Crippen molar-refractivity contribution in [2.45, 2.75) is 71.6 Å². The lowest BCUT2D eigenvalue weighted by Gasteiger charge is -2.42. The summed E-state index contributed by atoms with van der Waals surface area (Å²) in [5, 5.41) is 8.90. The van der Waals surface area contributed by atoms with Crippen molar-refractivity contribution in [2.75, 3.05) is 6.79 Å². The van der Waals surface area contributed by atoms with Gasteiger partial charge in [0.1, 0.15) is 0 Å². The summed E-state index contributed by atoms with van der Waals surface area (Å²) < 4.78 is 10.8. The Morgan fingerprint density at radius 2 is 1.63 bits per heavy atom. The Hall–Kier alpha value is -2.62. The Balaban J connectivity index is 1.67. The molecule has 0 radical (unpaired) electrons. The average molecular weight is 405 g/mol. The first-order valence-electron chi connectivity index (χ1n) is 10.9. The third kappa shape index (κ3) is 3.76. The molecular formula is C26H32N2O2. The first-order valence-corrected chi connectivity index (χ1v) is 10.9. The molecule has 4 nitrogen and oxygen atoms in total. The largest absolute Gasteiger partial charge is 0.454 e. The van der Waals surface area contributed by atoms with E-state index in [1.165, 1.54) is 35.1 Å². The number of fused-ring (bicyclic) bond motifs is 2. The lowest BCUT2D eigenvalue weighted by Crippen LogP contribution is -2.34. The van der Waals surface area contributed by atoms with E-state index in [0.29, 0.717) is 0 Å². The fourth-order valence-electron chi connectivity index (χ4n) is 4.52. The number of aryl methyl sites for hydroxylation is 1. The predicted molar refractivity (Wildman–Crippen MR) is 123 cm³/mol. The Bertz CT molecular complexity index is 1030. The van der Waals surface area contributed by atoms with Gasteiger partial charge in [0.05, 0.1) is 11.9 Å². The van der Waals surface area contributed by atoms with Crippen LogP contribution >= 0.6 is 0 Å². The summed E-state index contributed by atoms with van der Waals surface area (Å²) >= 11 is 0. The fourth-order valence-corrected chi connectivity index (χ4v) is 4.52. The topological polar surface area (TPSA) is 43.2 Å². The average Bonchev–Trinajstić information content (AvgIpc) is 3.18. The molecule has 0 amide bonds. The molecule has 0 bridgehead atoms. The van der Waals surface area contributed by atoms with E-state index in [1.807, 2.05) is 18.2 Å². The number of nitrogens with zero attached hydrogens (tertiary/aromatic N) is 2. The van der Waals surface area contributed by atoms with Gasteiger partial charge in [0, 0.05) is 5.56 Å². The third-order valence-electron chi connectivity index (χ3n) is 6.66. The minimum Gasteiger partial charge on any atom is -0.454 e. The van der Waals surface area contributed by atoms with Crippen molar-refractivity contribution in [1.29, 1.82) is 0 Å². The van der Waals surface area contributed by atoms with E-state index in [9.17, 15) is 0 Å². The Morgan fingerprint density at radius 3 is 2.33 bits per heavy atom. The van der Waals surface area contributed by atoms with Crippen LogP contribution in [0.4, 0.5) is 0 Å². The second-order valence-electron chi connectivity index (χ2n) is 9.72. The molecule has 158 valence electrons. The third-order valence-corrected chi connectivity index (χ3v) is 6.66. The lowest BCUT2D eigenvalue weighted by molar-refractivity contribution is 0.174. The Morgan fingerprint density at radius 1 is 0.967 bits per heavy atom. The lowest BCUT2D eigenvalue weighted by atomic mass is 9.62. The second kappa shape index (κ2) is 7.57. The molecule has 0 spiro atoms. The summed E-state index contributed by atoms with van der Waals surface area (Å²) in [6.07, 6.45) is 5.18. The van der Waals surface area contributed by atoms with Crippen LogP contribution in [-0.4, -0.2) is 18.7 Å². The number of rotatable bonds is 4. The van der Waals surface area contributed by atoms with Crippen molar-refractivity contribution in [2.24, 2.45) is 10.2 Å². The van der Waals surface area contributed by atoms with Crippen molar-refractivity contribution in [3.63, 3.8) is 0 Å². The normalized spacial score (nSPS) is 19.2. The van der Waals surface area contributed by atoms with E-state index in [4.69, 9.17) is 9.47 Å². The highest BCUT2D eigenvalue weighted by Crippen LogP contribution is 2.46. The van der Waals surface area contributed by atoms with Crippen LogP contribution in [0.5, 0.6) is 11.5 Å². The number of hydrogen-bond acceptors (Lipinski definition) is 4. The van der Waals surface area contributed by atoms with Crippen LogP contribution in [0, 0.1) is 0 Å². The molecule has 4 heteroatoms. The Labute approximate surface area is 180 Å². The molecule has 0 fully saturated rings. The number of ether oxygens (including phenoxy) is 2. The smallest absolute Gasteiger partial charge is 0.231 e. The monoisotopic (exact) mass is 404 g/mol. The molecule has 0 unspecified atom stereocenters. The number of hydrogen-bond donors (Lipinski definition) is 0. The molecule has 0 aromatic heterocycles. The van der Waals surface area contributed by atoms with Crippen molar-refractivity contribution in [1.82, 2.24) is 0 Å². The highest BCUT2D eigenvalue weighted by molar-refractivity contribution is 6.00. The zero-order chi connectivity index (χ0) is 21.5. The zero-order valence-electron chi connectivity index (χ0n) is 19.0. The highest BCUT2D eigenvalue weighted by Gasteiger charge is 2.37. The standard InChI is InChI=1S/C26H32N2O2/c1-7-19-13-21-22(26(5,6)11-10-25(21,3)4)14-20(19)17(2)28-27-15-18-8-9-23-24(12-18)30-16-29-23/h8-9,12-15H,7,10-11,16H2,1-6H3/b27-15-,28-17-. The molecule has 0 saturated carbocycles. The van der Waals surface area contributed by atoms with Gasteiger partial charge in [-0.15, -0.1) is 0 Å². The molecular weight excluding hydrogens is 372 g/mol. The number of benzene rings is 2. The molecule has 2 aliphatic rings. The second-order valence-corrected chi connectivity index (χ2v) is 9.72. The van der Waals surface area contributed by atoms with Crippen LogP contribution in [0.15, 0.2) is 40.5 Å². The van der Waals surface area contributed by atoms with E-state index in [-0.39, 0.29) is 17.6 Å². The molecule has 30 heavy (non-hydrogen) atoms.